The Bertz CT molecular complexity index is 805. The average Bonchev–Trinajstić information content (AvgIpc) is 2.91. The lowest BCUT2D eigenvalue weighted by atomic mass is 10.2. The molecule has 0 saturated heterocycles. The first kappa shape index (κ1) is 13.2. The van der Waals surface area contributed by atoms with Crippen molar-refractivity contribution in [2.75, 3.05) is 12.4 Å². The fourth-order valence-corrected chi connectivity index (χ4v) is 2.31. The Kier molecular flexibility index (Phi) is 3.36. The van der Waals surface area contributed by atoms with Crippen LogP contribution in [-0.2, 0) is 0 Å². The van der Waals surface area contributed by atoms with Crippen LogP contribution in [0.25, 0.3) is 10.9 Å². The second-order valence-electron chi connectivity index (χ2n) is 4.93. The monoisotopic (exact) mass is 280 g/mol. The van der Waals surface area contributed by atoms with Gasteiger partial charge in [-0.05, 0) is 37.3 Å². The number of carbonyl (C=O) groups is 1. The van der Waals surface area contributed by atoms with Gasteiger partial charge in [0, 0.05) is 10.9 Å². The molecule has 1 amide bonds. The standard InChI is InChI=1S/C17H16N2O2/c1-11-7-8-13-12(9-11)10-15(18-13)17(20)19-14-5-3-4-6-16(14)21-2/h3-10,18H,1-2H3,(H,19,20). The van der Waals surface area contributed by atoms with Gasteiger partial charge in [-0.2, -0.15) is 0 Å². The number of nitrogens with one attached hydrogen (secondary N) is 2. The van der Waals surface area contributed by atoms with Gasteiger partial charge in [-0.3, -0.25) is 4.79 Å². The van der Waals surface area contributed by atoms with Crippen molar-refractivity contribution in [1.29, 1.82) is 0 Å². The second kappa shape index (κ2) is 5.32. The molecule has 0 aliphatic rings. The van der Waals surface area contributed by atoms with Gasteiger partial charge in [0.1, 0.15) is 11.4 Å². The Balaban J connectivity index is 1.90. The summed E-state index contributed by atoms with van der Waals surface area (Å²) in [7, 11) is 1.58. The molecule has 0 aliphatic carbocycles. The lowest BCUT2D eigenvalue weighted by Crippen LogP contribution is -2.12. The van der Waals surface area contributed by atoms with Crippen molar-refractivity contribution >= 4 is 22.5 Å². The van der Waals surface area contributed by atoms with Crippen molar-refractivity contribution in [1.82, 2.24) is 4.98 Å². The van der Waals surface area contributed by atoms with E-state index >= 15 is 0 Å². The lowest BCUT2D eigenvalue weighted by molar-refractivity contribution is 0.102. The molecule has 106 valence electrons. The van der Waals surface area contributed by atoms with E-state index in [1.54, 1.807) is 7.11 Å². The van der Waals surface area contributed by atoms with Crippen LogP contribution >= 0.6 is 0 Å². The van der Waals surface area contributed by atoms with Crippen LogP contribution in [0.2, 0.25) is 0 Å². The second-order valence-corrected chi connectivity index (χ2v) is 4.93. The van der Waals surface area contributed by atoms with Crippen molar-refractivity contribution < 1.29 is 9.53 Å². The van der Waals surface area contributed by atoms with E-state index in [0.717, 1.165) is 16.5 Å². The zero-order valence-electron chi connectivity index (χ0n) is 11.9. The normalized spacial score (nSPS) is 10.6. The van der Waals surface area contributed by atoms with Crippen LogP contribution in [0.1, 0.15) is 16.1 Å². The van der Waals surface area contributed by atoms with E-state index in [1.807, 2.05) is 55.5 Å². The van der Waals surface area contributed by atoms with Gasteiger partial charge in [0.05, 0.1) is 12.8 Å². The summed E-state index contributed by atoms with van der Waals surface area (Å²) in [6.45, 7) is 2.03. The lowest BCUT2D eigenvalue weighted by Gasteiger charge is -2.08. The number of fused-ring (bicyclic) bond motifs is 1. The molecule has 0 aliphatic heterocycles. The zero-order chi connectivity index (χ0) is 14.8. The predicted molar refractivity (Wildman–Crippen MR) is 84.0 cm³/mol. The van der Waals surface area contributed by atoms with Gasteiger partial charge in [0.15, 0.2) is 0 Å². The van der Waals surface area contributed by atoms with Gasteiger partial charge >= 0.3 is 0 Å². The summed E-state index contributed by atoms with van der Waals surface area (Å²) < 4.78 is 5.23. The van der Waals surface area contributed by atoms with E-state index in [4.69, 9.17) is 4.74 Å². The van der Waals surface area contributed by atoms with Gasteiger partial charge in [-0.25, -0.2) is 0 Å². The average molecular weight is 280 g/mol. The molecule has 2 N–H and O–H groups in total. The summed E-state index contributed by atoms with van der Waals surface area (Å²) in [6.07, 6.45) is 0. The first-order valence-corrected chi connectivity index (χ1v) is 6.71. The third-order valence-corrected chi connectivity index (χ3v) is 3.38. The van der Waals surface area contributed by atoms with E-state index in [9.17, 15) is 4.79 Å². The maximum atomic E-state index is 12.3. The Hall–Kier alpha value is -2.75. The number of benzene rings is 2. The van der Waals surface area contributed by atoms with Crippen LogP contribution < -0.4 is 10.1 Å². The molecule has 3 aromatic rings. The number of amides is 1. The zero-order valence-corrected chi connectivity index (χ0v) is 11.9. The fraction of sp³-hybridized carbons (Fsp3) is 0.118. The van der Waals surface area contributed by atoms with Gasteiger partial charge in [0.25, 0.3) is 5.91 Å². The minimum atomic E-state index is -0.187. The number of ether oxygens (including phenoxy) is 1. The van der Waals surface area contributed by atoms with Gasteiger partial charge in [-0.1, -0.05) is 23.8 Å². The van der Waals surface area contributed by atoms with Gasteiger partial charge in [-0.15, -0.1) is 0 Å². The van der Waals surface area contributed by atoms with Crippen molar-refractivity contribution in [3.63, 3.8) is 0 Å². The number of carbonyl (C=O) groups excluding carboxylic acids is 1. The van der Waals surface area contributed by atoms with Crippen molar-refractivity contribution in [2.24, 2.45) is 0 Å². The molecular weight excluding hydrogens is 264 g/mol. The van der Waals surface area contributed by atoms with Crippen LogP contribution in [-0.4, -0.2) is 18.0 Å². The predicted octanol–water partition coefficient (Wildman–Crippen LogP) is 3.74. The summed E-state index contributed by atoms with van der Waals surface area (Å²) in [5, 5.41) is 3.89. The molecule has 0 radical (unpaired) electrons. The number of hydrogen-bond acceptors (Lipinski definition) is 2. The quantitative estimate of drug-likeness (QED) is 0.768. The summed E-state index contributed by atoms with van der Waals surface area (Å²) in [5.41, 5.74) is 3.30. The molecule has 4 heteroatoms. The van der Waals surface area contributed by atoms with E-state index in [0.29, 0.717) is 17.1 Å². The first-order valence-electron chi connectivity index (χ1n) is 6.71. The highest BCUT2D eigenvalue weighted by Crippen LogP contribution is 2.24. The van der Waals surface area contributed by atoms with Gasteiger partial charge in [0.2, 0.25) is 0 Å². The maximum Gasteiger partial charge on any atom is 0.272 e. The van der Waals surface area contributed by atoms with Gasteiger partial charge < -0.3 is 15.0 Å². The summed E-state index contributed by atoms with van der Waals surface area (Å²) in [5.74, 6) is 0.450. The third kappa shape index (κ3) is 2.60. The Morgan fingerprint density at radius 2 is 1.95 bits per heavy atom. The fourth-order valence-electron chi connectivity index (χ4n) is 2.31. The maximum absolute atomic E-state index is 12.3. The molecule has 0 fully saturated rings. The number of rotatable bonds is 3. The highest BCUT2D eigenvalue weighted by atomic mass is 16.5. The Morgan fingerprint density at radius 3 is 2.76 bits per heavy atom. The van der Waals surface area contributed by atoms with Crippen LogP contribution in [0.4, 0.5) is 5.69 Å². The number of para-hydroxylation sites is 2. The molecule has 2 aromatic carbocycles. The highest BCUT2D eigenvalue weighted by molar-refractivity contribution is 6.06. The molecule has 0 spiro atoms. The van der Waals surface area contributed by atoms with E-state index in [2.05, 4.69) is 10.3 Å². The smallest absolute Gasteiger partial charge is 0.272 e. The molecule has 21 heavy (non-hydrogen) atoms. The largest absolute Gasteiger partial charge is 0.495 e. The molecule has 4 nitrogen and oxygen atoms in total. The molecule has 0 saturated carbocycles. The molecule has 1 aromatic heterocycles. The SMILES string of the molecule is COc1ccccc1NC(=O)c1cc2cc(C)ccc2[nH]1. The minimum absolute atomic E-state index is 0.187. The molecule has 0 bridgehead atoms. The minimum Gasteiger partial charge on any atom is -0.495 e. The van der Waals surface area contributed by atoms with Crippen LogP contribution in [0.15, 0.2) is 48.5 Å². The van der Waals surface area contributed by atoms with Crippen LogP contribution in [0.3, 0.4) is 0 Å². The van der Waals surface area contributed by atoms with Crippen LogP contribution in [0.5, 0.6) is 5.75 Å². The summed E-state index contributed by atoms with van der Waals surface area (Å²) >= 11 is 0. The number of methoxy groups -OCH3 is 1. The number of hydrogen-bond donors (Lipinski definition) is 2. The van der Waals surface area contributed by atoms with Crippen molar-refractivity contribution in [2.45, 2.75) is 6.92 Å². The summed E-state index contributed by atoms with van der Waals surface area (Å²) in [4.78, 5) is 15.5. The Labute approximate surface area is 122 Å². The number of anilines is 1. The molecule has 0 atom stereocenters. The number of aromatic amines is 1. The molecule has 0 unspecified atom stereocenters. The van der Waals surface area contributed by atoms with E-state index in [-0.39, 0.29) is 5.91 Å². The third-order valence-electron chi connectivity index (χ3n) is 3.38. The topological polar surface area (TPSA) is 54.1 Å². The first-order chi connectivity index (χ1) is 10.2. The molecule has 3 rings (SSSR count). The number of aromatic nitrogens is 1. The summed E-state index contributed by atoms with van der Waals surface area (Å²) in [6, 6.07) is 15.2. The Morgan fingerprint density at radius 1 is 1.14 bits per heavy atom. The number of aryl methyl sites for hydroxylation is 1. The number of H-pyrrole nitrogens is 1. The van der Waals surface area contributed by atoms with E-state index < -0.39 is 0 Å². The highest BCUT2D eigenvalue weighted by Gasteiger charge is 2.12. The molecule has 1 heterocycles. The van der Waals surface area contributed by atoms with Crippen molar-refractivity contribution in [3.05, 3.63) is 59.8 Å². The van der Waals surface area contributed by atoms with Crippen molar-refractivity contribution in [3.8, 4) is 5.75 Å². The van der Waals surface area contributed by atoms with Crippen LogP contribution in [0, 0.1) is 6.92 Å². The van der Waals surface area contributed by atoms with E-state index in [1.165, 1.54) is 0 Å². The molecular formula is C17H16N2O2.